The van der Waals surface area contributed by atoms with E-state index < -0.39 is 0 Å². The second-order valence-electron chi connectivity index (χ2n) is 3.81. The standard InChI is InChI=1S/C10H13IN4O/c11-7-5-13-10(14-6-7)15-4-2-1-3-8(15)9(12)16/h5-6,8H,1-4H2,(H2,12,16). The molecule has 1 fully saturated rings. The molecule has 2 N–H and O–H groups in total. The molecule has 2 rings (SSSR count). The van der Waals surface area contributed by atoms with E-state index in [1.807, 2.05) is 4.90 Å². The lowest BCUT2D eigenvalue weighted by atomic mass is 10.0. The molecule has 0 spiro atoms. The van der Waals surface area contributed by atoms with E-state index in [2.05, 4.69) is 32.6 Å². The number of anilines is 1. The van der Waals surface area contributed by atoms with Gasteiger partial charge in [-0.25, -0.2) is 9.97 Å². The highest BCUT2D eigenvalue weighted by Crippen LogP contribution is 2.21. The summed E-state index contributed by atoms with van der Waals surface area (Å²) in [6, 6.07) is -0.256. The summed E-state index contributed by atoms with van der Waals surface area (Å²) in [6.07, 6.45) is 6.38. The number of hydrogen-bond acceptors (Lipinski definition) is 4. The zero-order chi connectivity index (χ0) is 11.5. The minimum atomic E-state index is -0.290. The molecule has 1 amide bonds. The van der Waals surface area contributed by atoms with Crippen molar-refractivity contribution in [3.05, 3.63) is 16.0 Å². The molecular formula is C10H13IN4O. The number of nitrogens with zero attached hydrogens (tertiary/aromatic N) is 3. The van der Waals surface area contributed by atoms with Crippen LogP contribution in [0.5, 0.6) is 0 Å². The summed E-state index contributed by atoms with van der Waals surface area (Å²) in [6.45, 7) is 0.800. The highest BCUT2D eigenvalue weighted by Gasteiger charge is 2.28. The van der Waals surface area contributed by atoms with Gasteiger partial charge in [0.2, 0.25) is 11.9 Å². The van der Waals surface area contributed by atoms with Gasteiger partial charge in [0, 0.05) is 22.5 Å². The summed E-state index contributed by atoms with van der Waals surface area (Å²) in [5.74, 6) is 0.311. The van der Waals surface area contributed by atoms with E-state index in [-0.39, 0.29) is 11.9 Å². The SMILES string of the molecule is NC(=O)C1CCCCN1c1ncc(I)cn1. The fourth-order valence-corrected chi connectivity index (χ4v) is 2.20. The Labute approximate surface area is 108 Å². The van der Waals surface area contributed by atoms with Crippen molar-refractivity contribution >= 4 is 34.4 Å². The normalized spacial score (nSPS) is 20.8. The maximum Gasteiger partial charge on any atom is 0.240 e. The monoisotopic (exact) mass is 332 g/mol. The second kappa shape index (κ2) is 4.94. The Kier molecular flexibility index (Phi) is 3.57. The van der Waals surface area contributed by atoms with Crippen LogP contribution in [0.1, 0.15) is 19.3 Å². The molecule has 5 nitrogen and oxygen atoms in total. The van der Waals surface area contributed by atoms with Crippen LogP contribution in [-0.2, 0) is 4.79 Å². The van der Waals surface area contributed by atoms with E-state index in [1.54, 1.807) is 12.4 Å². The molecule has 16 heavy (non-hydrogen) atoms. The predicted molar refractivity (Wildman–Crippen MR) is 68.9 cm³/mol. The Hall–Kier alpha value is -0.920. The smallest absolute Gasteiger partial charge is 0.240 e. The summed E-state index contributed by atoms with van der Waals surface area (Å²) < 4.78 is 0.981. The average Bonchev–Trinajstić information content (AvgIpc) is 2.30. The van der Waals surface area contributed by atoms with Gasteiger partial charge in [-0.2, -0.15) is 0 Å². The highest BCUT2D eigenvalue weighted by molar-refractivity contribution is 14.1. The largest absolute Gasteiger partial charge is 0.368 e. The highest BCUT2D eigenvalue weighted by atomic mass is 127. The lowest BCUT2D eigenvalue weighted by molar-refractivity contribution is -0.119. The van der Waals surface area contributed by atoms with E-state index in [9.17, 15) is 4.79 Å². The van der Waals surface area contributed by atoms with Gasteiger partial charge in [-0.15, -0.1) is 0 Å². The second-order valence-corrected chi connectivity index (χ2v) is 5.05. The van der Waals surface area contributed by atoms with Crippen molar-refractivity contribution in [1.82, 2.24) is 9.97 Å². The first-order valence-corrected chi connectivity index (χ1v) is 6.30. The number of nitrogens with two attached hydrogens (primary N) is 1. The van der Waals surface area contributed by atoms with E-state index in [1.165, 1.54) is 0 Å². The molecule has 2 heterocycles. The van der Waals surface area contributed by atoms with Gasteiger partial charge in [-0.1, -0.05) is 0 Å². The summed E-state index contributed by atoms with van der Waals surface area (Å²) in [7, 11) is 0. The van der Waals surface area contributed by atoms with Crippen LogP contribution < -0.4 is 10.6 Å². The van der Waals surface area contributed by atoms with Crippen molar-refractivity contribution in [2.45, 2.75) is 25.3 Å². The molecule has 0 radical (unpaired) electrons. The molecular weight excluding hydrogens is 319 g/mol. The number of carbonyl (C=O) groups is 1. The van der Waals surface area contributed by atoms with E-state index >= 15 is 0 Å². The van der Waals surface area contributed by atoms with Crippen LogP contribution >= 0.6 is 22.6 Å². The molecule has 1 atom stereocenters. The van der Waals surface area contributed by atoms with Crippen LogP contribution in [0.15, 0.2) is 12.4 Å². The van der Waals surface area contributed by atoms with Gasteiger partial charge in [-0.3, -0.25) is 4.79 Å². The molecule has 0 saturated carbocycles. The van der Waals surface area contributed by atoms with Crippen molar-refractivity contribution in [3.63, 3.8) is 0 Å². The van der Waals surface area contributed by atoms with Gasteiger partial charge < -0.3 is 10.6 Å². The van der Waals surface area contributed by atoms with Crippen molar-refractivity contribution in [2.24, 2.45) is 5.73 Å². The first-order valence-electron chi connectivity index (χ1n) is 5.22. The predicted octanol–water partition coefficient (Wildman–Crippen LogP) is 0.925. The third-order valence-corrected chi connectivity index (χ3v) is 3.25. The Balaban J connectivity index is 2.23. The Bertz CT molecular complexity index is 381. The lowest BCUT2D eigenvalue weighted by Gasteiger charge is -2.33. The van der Waals surface area contributed by atoms with Crippen LogP contribution in [0.4, 0.5) is 5.95 Å². The zero-order valence-electron chi connectivity index (χ0n) is 8.77. The number of aromatic nitrogens is 2. The van der Waals surface area contributed by atoms with Gasteiger partial charge >= 0.3 is 0 Å². The maximum absolute atomic E-state index is 11.3. The number of piperidine rings is 1. The van der Waals surface area contributed by atoms with E-state index in [4.69, 9.17) is 5.73 Å². The Morgan fingerprint density at radius 3 is 2.75 bits per heavy atom. The van der Waals surface area contributed by atoms with Crippen LogP contribution in [0, 0.1) is 3.57 Å². The van der Waals surface area contributed by atoms with E-state index in [0.29, 0.717) is 5.95 Å². The first-order chi connectivity index (χ1) is 7.68. The van der Waals surface area contributed by atoms with Crippen molar-refractivity contribution in [1.29, 1.82) is 0 Å². The van der Waals surface area contributed by atoms with Gasteiger partial charge in [0.05, 0.1) is 0 Å². The number of halogens is 1. The zero-order valence-corrected chi connectivity index (χ0v) is 10.9. The summed E-state index contributed by atoms with van der Waals surface area (Å²) in [5.41, 5.74) is 5.39. The van der Waals surface area contributed by atoms with Crippen molar-refractivity contribution in [3.8, 4) is 0 Å². The van der Waals surface area contributed by atoms with Crippen LogP contribution in [0.3, 0.4) is 0 Å². The van der Waals surface area contributed by atoms with Gasteiger partial charge in [0.25, 0.3) is 0 Å². The molecule has 86 valence electrons. The van der Waals surface area contributed by atoms with Crippen LogP contribution in [-0.4, -0.2) is 28.5 Å². The van der Waals surface area contributed by atoms with Gasteiger partial charge in [0.1, 0.15) is 6.04 Å². The first kappa shape index (κ1) is 11.6. The van der Waals surface area contributed by atoms with Crippen molar-refractivity contribution in [2.75, 3.05) is 11.4 Å². The summed E-state index contributed by atoms with van der Waals surface area (Å²) in [5, 5.41) is 0. The quantitative estimate of drug-likeness (QED) is 0.818. The molecule has 0 bridgehead atoms. The van der Waals surface area contributed by atoms with E-state index in [0.717, 1.165) is 29.4 Å². The third kappa shape index (κ3) is 2.42. The molecule has 0 aliphatic carbocycles. The fourth-order valence-electron chi connectivity index (χ4n) is 1.92. The lowest BCUT2D eigenvalue weighted by Crippen LogP contribution is -2.48. The average molecular weight is 332 g/mol. The summed E-state index contributed by atoms with van der Waals surface area (Å²) in [4.78, 5) is 21.7. The van der Waals surface area contributed by atoms with Gasteiger partial charge in [-0.05, 0) is 41.9 Å². The molecule has 1 unspecified atom stereocenters. The minimum absolute atomic E-state index is 0.256. The molecule has 6 heteroatoms. The summed E-state index contributed by atoms with van der Waals surface area (Å²) >= 11 is 2.15. The Morgan fingerprint density at radius 1 is 1.44 bits per heavy atom. The molecule has 1 aliphatic rings. The number of rotatable bonds is 2. The minimum Gasteiger partial charge on any atom is -0.368 e. The van der Waals surface area contributed by atoms with Crippen LogP contribution in [0.2, 0.25) is 0 Å². The fraction of sp³-hybridized carbons (Fsp3) is 0.500. The molecule has 1 aliphatic heterocycles. The molecule has 1 aromatic heterocycles. The molecule has 1 saturated heterocycles. The number of carbonyl (C=O) groups excluding carboxylic acids is 1. The Morgan fingerprint density at radius 2 is 2.12 bits per heavy atom. The van der Waals surface area contributed by atoms with Gasteiger partial charge in [0.15, 0.2) is 0 Å². The topological polar surface area (TPSA) is 72.1 Å². The number of amides is 1. The molecule has 1 aromatic rings. The molecule has 0 aromatic carbocycles. The van der Waals surface area contributed by atoms with Crippen LogP contribution in [0.25, 0.3) is 0 Å². The maximum atomic E-state index is 11.3. The van der Waals surface area contributed by atoms with Crippen molar-refractivity contribution < 1.29 is 4.79 Å². The third-order valence-electron chi connectivity index (χ3n) is 2.69. The number of hydrogen-bond donors (Lipinski definition) is 1. The number of primary amides is 1.